The third-order valence-electron chi connectivity index (χ3n) is 7.65. The highest BCUT2D eigenvalue weighted by Gasteiger charge is 2.53. The Kier molecular flexibility index (Phi) is 8.35. The van der Waals surface area contributed by atoms with Gasteiger partial charge in [0.25, 0.3) is 11.8 Å². The van der Waals surface area contributed by atoms with E-state index in [2.05, 4.69) is 24.1 Å². The van der Waals surface area contributed by atoms with Crippen molar-refractivity contribution in [1.82, 2.24) is 25.2 Å². The van der Waals surface area contributed by atoms with Crippen LogP contribution in [0.1, 0.15) is 58.4 Å². The molecule has 0 aliphatic carbocycles. The van der Waals surface area contributed by atoms with Crippen LogP contribution in [0.5, 0.6) is 0 Å². The molecule has 4 heterocycles. The number of fused-ring (bicyclic) bond motifs is 2. The number of rotatable bonds is 7. The second-order valence-corrected chi connectivity index (χ2v) is 12.6. The summed E-state index contributed by atoms with van der Waals surface area (Å²) >= 11 is 1.51. The maximum atomic E-state index is 13.9. The van der Waals surface area contributed by atoms with Crippen molar-refractivity contribution in [3.05, 3.63) is 35.3 Å². The highest BCUT2D eigenvalue weighted by Crippen LogP contribution is 2.34. The lowest BCUT2D eigenvalue weighted by molar-refractivity contribution is -0.275. The molecule has 10 heteroatoms. The molecule has 1 aromatic heterocycles. The van der Waals surface area contributed by atoms with Crippen molar-refractivity contribution >= 4 is 45.4 Å². The molecule has 3 aliphatic rings. The fourth-order valence-electron chi connectivity index (χ4n) is 5.83. The van der Waals surface area contributed by atoms with E-state index in [1.807, 2.05) is 43.0 Å². The molecular weight excluding hydrogens is 514 g/mol. The van der Waals surface area contributed by atoms with Gasteiger partial charge in [0.1, 0.15) is 11.0 Å². The Morgan fingerprint density at radius 3 is 2.51 bits per heavy atom. The Hall–Kier alpha value is -2.82. The fourth-order valence-corrected chi connectivity index (χ4v) is 6.70. The van der Waals surface area contributed by atoms with E-state index >= 15 is 0 Å². The molecule has 210 valence electrons. The SMILES string of the molecule is CC(C)C[C@H]1ON(C(=O)/C=C/c2nc3ccccc3s2)[C@H]2CN(C3CCNCC3)C(=O)[C@H](CC(C)C)N2C1=O. The summed E-state index contributed by atoms with van der Waals surface area (Å²) in [4.78, 5) is 55.8. The molecule has 0 unspecified atom stereocenters. The van der Waals surface area contributed by atoms with Gasteiger partial charge in [-0.15, -0.1) is 11.3 Å². The van der Waals surface area contributed by atoms with E-state index in [1.165, 1.54) is 22.5 Å². The number of hydrogen-bond donors (Lipinski definition) is 1. The molecule has 1 N–H and O–H groups in total. The Morgan fingerprint density at radius 1 is 1.10 bits per heavy atom. The number of hydrogen-bond acceptors (Lipinski definition) is 7. The Labute approximate surface area is 234 Å². The van der Waals surface area contributed by atoms with Gasteiger partial charge in [0.15, 0.2) is 12.3 Å². The van der Waals surface area contributed by atoms with Crippen LogP contribution >= 0.6 is 11.3 Å². The molecule has 0 radical (unpaired) electrons. The summed E-state index contributed by atoms with van der Waals surface area (Å²) in [6.07, 6.45) is 4.40. The molecule has 9 nitrogen and oxygen atoms in total. The van der Waals surface area contributed by atoms with Gasteiger partial charge in [0, 0.05) is 12.1 Å². The lowest BCUT2D eigenvalue weighted by Gasteiger charge is -2.54. The van der Waals surface area contributed by atoms with E-state index in [-0.39, 0.29) is 42.1 Å². The van der Waals surface area contributed by atoms with Gasteiger partial charge < -0.3 is 15.1 Å². The number of hydroxylamine groups is 2. The molecule has 0 bridgehead atoms. The molecule has 5 rings (SSSR count). The maximum Gasteiger partial charge on any atom is 0.272 e. The van der Waals surface area contributed by atoms with Crippen molar-refractivity contribution in [2.24, 2.45) is 11.8 Å². The summed E-state index contributed by atoms with van der Waals surface area (Å²) in [6.45, 7) is 10.1. The Balaban J connectivity index is 1.47. The molecule has 3 atom stereocenters. The molecule has 3 saturated heterocycles. The second kappa shape index (κ2) is 11.7. The quantitative estimate of drug-likeness (QED) is 0.526. The lowest BCUT2D eigenvalue weighted by Crippen LogP contribution is -2.74. The van der Waals surface area contributed by atoms with Gasteiger partial charge in [0.2, 0.25) is 5.91 Å². The van der Waals surface area contributed by atoms with Gasteiger partial charge in [-0.2, -0.15) is 5.06 Å². The average molecular weight is 554 g/mol. The van der Waals surface area contributed by atoms with E-state index in [9.17, 15) is 14.4 Å². The van der Waals surface area contributed by atoms with Crippen LogP contribution in [0, 0.1) is 11.8 Å². The smallest absolute Gasteiger partial charge is 0.272 e. The van der Waals surface area contributed by atoms with Crippen molar-refractivity contribution in [2.45, 2.75) is 77.7 Å². The second-order valence-electron chi connectivity index (χ2n) is 11.6. The highest BCUT2D eigenvalue weighted by atomic mass is 32.1. The normalized spacial score (nSPS) is 25.0. The highest BCUT2D eigenvalue weighted by molar-refractivity contribution is 7.19. The minimum atomic E-state index is -0.811. The molecule has 0 spiro atoms. The zero-order chi connectivity index (χ0) is 27.7. The number of thiazole rings is 1. The molecule has 3 amide bonds. The average Bonchev–Trinajstić information content (AvgIpc) is 3.33. The van der Waals surface area contributed by atoms with E-state index in [1.54, 1.807) is 11.0 Å². The monoisotopic (exact) mass is 553 g/mol. The van der Waals surface area contributed by atoms with Crippen molar-refractivity contribution < 1.29 is 19.2 Å². The van der Waals surface area contributed by atoms with Crippen LogP contribution in [0.2, 0.25) is 0 Å². The summed E-state index contributed by atoms with van der Waals surface area (Å²) in [6, 6.07) is 7.32. The first-order valence-electron chi connectivity index (χ1n) is 14.1. The number of piperazine rings is 1. The maximum absolute atomic E-state index is 13.9. The van der Waals surface area contributed by atoms with Crippen LogP contribution in [-0.2, 0) is 19.2 Å². The standard InChI is InChI=1S/C29H39N5O4S/c1-18(2)15-22-28(36)32(20-11-13-30-14-12-20)17-26-33(22)29(37)23(16-19(3)4)38-34(26)27(35)10-9-25-31-21-7-5-6-8-24(21)39-25/h5-10,18-20,22-23,26,30H,11-17H2,1-4H3/b10-9+/t22-,23+,26-/m0/s1. The number of carbonyl (C=O) groups excluding carboxylic acids is 3. The topological polar surface area (TPSA) is 95.1 Å². The molecule has 2 aromatic rings. The molecule has 3 fully saturated rings. The van der Waals surface area contributed by atoms with E-state index in [0.717, 1.165) is 41.2 Å². The molecule has 0 saturated carbocycles. The van der Waals surface area contributed by atoms with Gasteiger partial charge >= 0.3 is 0 Å². The number of carbonyl (C=O) groups is 3. The largest absolute Gasteiger partial charge is 0.334 e. The summed E-state index contributed by atoms with van der Waals surface area (Å²) in [7, 11) is 0. The molecular formula is C29H39N5O4S. The van der Waals surface area contributed by atoms with Crippen LogP contribution < -0.4 is 5.32 Å². The van der Waals surface area contributed by atoms with Crippen LogP contribution in [0.15, 0.2) is 30.3 Å². The van der Waals surface area contributed by atoms with E-state index in [4.69, 9.17) is 4.84 Å². The predicted molar refractivity (Wildman–Crippen MR) is 151 cm³/mol. The first-order chi connectivity index (χ1) is 18.7. The van der Waals surface area contributed by atoms with Crippen molar-refractivity contribution in [2.75, 3.05) is 19.6 Å². The van der Waals surface area contributed by atoms with E-state index < -0.39 is 18.3 Å². The third kappa shape index (κ3) is 5.88. The third-order valence-corrected chi connectivity index (χ3v) is 8.65. The minimum Gasteiger partial charge on any atom is -0.334 e. The molecule has 3 aliphatic heterocycles. The first kappa shape index (κ1) is 27.7. The summed E-state index contributed by atoms with van der Waals surface area (Å²) in [5.41, 5.74) is 0.887. The Morgan fingerprint density at radius 2 is 1.82 bits per heavy atom. The van der Waals surface area contributed by atoms with E-state index in [0.29, 0.717) is 12.8 Å². The summed E-state index contributed by atoms with van der Waals surface area (Å²) in [5, 5.41) is 5.44. The zero-order valence-corrected chi connectivity index (χ0v) is 24.0. The summed E-state index contributed by atoms with van der Waals surface area (Å²) in [5.74, 6) is -0.177. The number of piperidine rings is 1. The van der Waals surface area contributed by atoms with Crippen molar-refractivity contribution in [3.63, 3.8) is 0 Å². The Bertz CT molecular complexity index is 1200. The predicted octanol–water partition coefficient (Wildman–Crippen LogP) is 3.66. The molecule has 39 heavy (non-hydrogen) atoms. The number of nitrogens with one attached hydrogen (secondary N) is 1. The van der Waals surface area contributed by atoms with Gasteiger partial charge in [-0.25, -0.2) is 4.98 Å². The van der Waals surface area contributed by atoms with Crippen molar-refractivity contribution in [1.29, 1.82) is 0 Å². The number of aromatic nitrogens is 1. The number of amides is 3. The first-order valence-corrected chi connectivity index (χ1v) is 14.9. The number of benzene rings is 1. The number of para-hydroxylation sites is 1. The lowest BCUT2D eigenvalue weighted by atomic mass is 9.93. The van der Waals surface area contributed by atoms with Gasteiger partial charge in [-0.1, -0.05) is 39.8 Å². The van der Waals surface area contributed by atoms with Crippen LogP contribution in [0.25, 0.3) is 16.3 Å². The molecule has 1 aromatic carbocycles. The zero-order valence-electron chi connectivity index (χ0n) is 23.2. The van der Waals surface area contributed by atoms with Crippen molar-refractivity contribution in [3.8, 4) is 0 Å². The summed E-state index contributed by atoms with van der Waals surface area (Å²) < 4.78 is 1.05. The van der Waals surface area contributed by atoms with Gasteiger partial charge in [-0.3, -0.25) is 19.2 Å². The van der Waals surface area contributed by atoms with Gasteiger partial charge in [-0.05, 0) is 68.8 Å². The number of nitrogens with zero attached hydrogens (tertiary/aromatic N) is 4. The van der Waals surface area contributed by atoms with Crippen LogP contribution in [0.3, 0.4) is 0 Å². The van der Waals surface area contributed by atoms with Crippen LogP contribution in [-0.4, -0.2) is 81.6 Å². The van der Waals surface area contributed by atoms with Gasteiger partial charge in [0.05, 0.1) is 16.8 Å². The minimum absolute atomic E-state index is 0.0113. The fraction of sp³-hybridized carbons (Fsp3) is 0.586. The van der Waals surface area contributed by atoms with Crippen LogP contribution in [0.4, 0.5) is 0 Å².